The lowest BCUT2D eigenvalue weighted by Crippen LogP contribution is -2.08. The summed E-state index contributed by atoms with van der Waals surface area (Å²) in [6.45, 7) is 0. The fourth-order valence-electron chi connectivity index (χ4n) is 1.22. The van der Waals surface area contributed by atoms with E-state index >= 15 is 0 Å². The van der Waals surface area contributed by atoms with E-state index in [0.717, 1.165) is 21.1 Å². The van der Waals surface area contributed by atoms with Crippen LogP contribution >= 0.6 is 15.9 Å². The molecule has 1 aromatic heterocycles. The highest BCUT2D eigenvalue weighted by molar-refractivity contribution is 9.10. The highest BCUT2D eigenvalue weighted by atomic mass is 79.9. The van der Waals surface area contributed by atoms with Crippen molar-refractivity contribution >= 4 is 32.6 Å². The molecule has 0 bridgehead atoms. The maximum absolute atomic E-state index is 5.07. The smallest absolute Gasteiger partial charge is 0.168 e. The van der Waals surface area contributed by atoms with Crippen molar-refractivity contribution < 1.29 is 4.52 Å². The van der Waals surface area contributed by atoms with Gasteiger partial charge in [0.05, 0.1) is 11.9 Å². The van der Waals surface area contributed by atoms with Gasteiger partial charge < -0.3 is 9.42 Å². The third-order valence-corrected chi connectivity index (χ3v) is 2.54. The predicted molar refractivity (Wildman–Crippen MR) is 56.0 cm³/mol. The van der Waals surface area contributed by atoms with Gasteiger partial charge in [0.15, 0.2) is 5.58 Å². The van der Waals surface area contributed by atoms with Crippen LogP contribution in [-0.2, 0) is 0 Å². The van der Waals surface area contributed by atoms with Crippen LogP contribution < -0.4 is 4.90 Å². The van der Waals surface area contributed by atoms with Crippen LogP contribution in [0.3, 0.4) is 0 Å². The summed E-state index contributed by atoms with van der Waals surface area (Å²) in [5, 5.41) is 4.74. The van der Waals surface area contributed by atoms with E-state index in [1.807, 2.05) is 31.1 Å². The first-order chi connectivity index (χ1) is 6.18. The van der Waals surface area contributed by atoms with E-state index in [-0.39, 0.29) is 0 Å². The van der Waals surface area contributed by atoms with Gasteiger partial charge in [-0.2, -0.15) is 0 Å². The minimum Gasteiger partial charge on any atom is -0.377 e. The lowest BCUT2D eigenvalue weighted by molar-refractivity contribution is 0.456. The zero-order chi connectivity index (χ0) is 9.42. The van der Waals surface area contributed by atoms with Gasteiger partial charge in [-0.25, -0.2) is 0 Å². The molecular formula is C9H9BrN2O. The highest BCUT2D eigenvalue weighted by Gasteiger charge is 2.06. The van der Waals surface area contributed by atoms with E-state index in [1.54, 1.807) is 6.20 Å². The fourth-order valence-corrected chi connectivity index (χ4v) is 1.94. The van der Waals surface area contributed by atoms with E-state index < -0.39 is 0 Å². The Bertz CT molecular complexity index is 436. The van der Waals surface area contributed by atoms with Crippen molar-refractivity contribution in [2.45, 2.75) is 0 Å². The summed E-state index contributed by atoms with van der Waals surface area (Å²) in [4.78, 5) is 2.02. The third kappa shape index (κ3) is 1.42. The topological polar surface area (TPSA) is 29.3 Å². The second kappa shape index (κ2) is 3.03. The molecule has 2 rings (SSSR count). The average Bonchev–Trinajstić information content (AvgIpc) is 2.48. The Morgan fingerprint density at radius 2 is 2.15 bits per heavy atom. The molecule has 0 amide bonds. The molecule has 1 aromatic carbocycles. The van der Waals surface area contributed by atoms with Crippen LogP contribution in [0.25, 0.3) is 11.0 Å². The lowest BCUT2D eigenvalue weighted by atomic mass is 10.2. The average molecular weight is 241 g/mol. The molecule has 0 N–H and O–H groups in total. The Morgan fingerprint density at radius 3 is 2.85 bits per heavy atom. The van der Waals surface area contributed by atoms with Gasteiger partial charge >= 0.3 is 0 Å². The second-order valence-corrected chi connectivity index (χ2v) is 3.92. The summed E-state index contributed by atoms with van der Waals surface area (Å²) < 4.78 is 6.12. The van der Waals surface area contributed by atoms with Crippen LogP contribution in [0.4, 0.5) is 5.69 Å². The summed E-state index contributed by atoms with van der Waals surface area (Å²) in [7, 11) is 3.98. The van der Waals surface area contributed by atoms with Gasteiger partial charge in [-0.1, -0.05) is 5.16 Å². The molecule has 68 valence electrons. The Kier molecular flexibility index (Phi) is 2.00. The number of halogens is 1. The monoisotopic (exact) mass is 240 g/mol. The first kappa shape index (κ1) is 8.56. The SMILES string of the molecule is CN(C)c1cc2oncc2cc1Br. The number of fused-ring (bicyclic) bond motifs is 1. The fraction of sp³-hybridized carbons (Fsp3) is 0.222. The van der Waals surface area contributed by atoms with E-state index in [4.69, 9.17) is 4.52 Å². The molecule has 0 unspecified atom stereocenters. The molecule has 1 heterocycles. The van der Waals surface area contributed by atoms with Crippen molar-refractivity contribution in [3.05, 3.63) is 22.8 Å². The van der Waals surface area contributed by atoms with E-state index in [0.29, 0.717) is 0 Å². The van der Waals surface area contributed by atoms with Crippen molar-refractivity contribution in [3.63, 3.8) is 0 Å². The van der Waals surface area contributed by atoms with Crippen LogP contribution in [0.5, 0.6) is 0 Å². The van der Waals surface area contributed by atoms with Gasteiger partial charge in [0.2, 0.25) is 0 Å². The molecule has 2 aromatic rings. The molecule has 0 aliphatic carbocycles. The van der Waals surface area contributed by atoms with Crippen molar-refractivity contribution in [3.8, 4) is 0 Å². The van der Waals surface area contributed by atoms with Crippen molar-refractivity contribution in [1.82, 2.24) is 5.16 Å². The number of aromatic nitrogens is 1. The first-order valence-corrected chi connectivity index (χ1v) is 4.69. The summed E-state index contributed by atoms with van der Waals surface area (Å²) in [6.07, 6.45) is 1.71. The molecule has 0 saturated heterocycles. The van der Waals surface area contributed by atoms with Crippen molar-refractivity contribution in [2.75, 3.05) is 19.0 Å². The number of rotatable bonds is 1. The van der Waals surface area contributed by atoms with Crippen LogP contribution in [0, 0.1) is 0 Å². The van der Waals surface area contributed by atoms with E-state index in [1.165, 1.54) is 0 Å². The molecule has 13 heavy (non-hydrogen) atoms. The van der Waals surface area contributed by atoms with Crippen LogP contribution in [-0.4, -0.2) is 19.3 Å². The van der Waals surface area contributed by atoms with Crippen molar-refractivity contribution in [1.29, 1.82) is 0 Å². The first-order valence-electron chi connectivity index (χ1n) is 3.90. The maximum Gasteiger partial charge on any atom is 0.168 e. The zero-order valence-corrected chi connectivity index (χ0v) is 9.00. The van der Waals surface area contributed by atoms with E-state index in [2.05, 4.69) is 21.1 Å². The number of benzene rings is 1. The summed E-state index contributed by atoms with van der Waals surface area (Å²) in [5.74, 6) is 0. The van der Waals surface area contributed by atoms with Crippen LogP contribution in [0.1, 0.15) is 0 Å². The summed E-state index contributed by atoms with van der Waals surface area (Å²) in [6, 6.07) is 3.97. The maximum atomic E-state index is 5.07. The Morgan fingerprint density at radius 1 is 1.38 bits per heavy atom. The minimum atomic E-state index is 0.812. The number of hydrogen-bond donors (Lipinski definition) is 0. The second-order valence-electron chi connectivity index (χ2n) is 3.06. The normalized spacial score (nSPS) is 10.7. The van der Waals surface area contributed by atoms with Crippen molar-refractivity contribution in [2.24, 2.45) is 0 Å². The summed E-state index contributed by atoms with van der Waals surface area (Å²) >= 11 is 3.49. The number of nitrogens with zero attached hydrogens (tertiary/aromatic N) is 2. The molecule has 3 nitrogen and oxygen atoms in total. The quantitative estimate of drug-likeness (QED) is 0.768. The zero-order valence-electron chi connectivity index (χ0n) is 7.41. The Hall–Kier alpha value is -1.03. The molecule has 0 fully saturated rings. The molecule has 4 heteroatoms. The molecule has 0 atom stereocenters. The molecule has 0 aliphatic heterocycles. The Balaban J connectivity index is 2.69. The van der Waals surface area contributed by atoms with Gasteiger partial charge in [0, 0.05) is 30.0 Å². The molecule has 0 radical (unpaired) electrons. The van der Waals surface area contributed by atoms with Crippen LogP contribution in [0.2, 0.25) is 0 Å². The minimum absolute atomic E-state index is 0.812. The molecule has 0 spiro atoms. The standard InChI is InChI=1S/C9H9BrN2O/c1-12(2)8-4-9-6(3-7(8)10)5-11-13-9/h3-5H,1-2H3. The third-order valence-electron chi connectivity index (χ3n) is 1.90. The van der Waals surface area contributed by atoms with Gasteiger partial charge in [-0.3, -0.25) is 0 Å². The highest BCUT2D eigenvalue weighted by Crippen LogP contribution is 2.29. The number of anilines is 1. The van der Waals surface area contributed by atoms with Gasteiger partial charge in [0.25, 0.3) is 0 Å². The van der Waals surface area contributed by atoms with Gasteiger partial charge in [0.1, 0.15) is 0 Å². The molecular weight excluding hydrogens is 232 g/mol. The molecule has 0 saturated carbocycles. The predicted octanol–water partition coefficient (Wildman–Crippen LogP) is 2.66. The van der Waals surface area contributed by atoms with Gasteiger partial charge in [-0.15, -0.1) is 0 Å². The van der Waals surface area contributed by atoms with Crippen LogP contribution in [0.15, 0.2) is 27.3 Å². The Labute approximate surface area is 84.4 Å². The molecule has 0 aliphatic rings. The van der Waals surface area contributed by atoms with Gasteiger partial charge in [-0.05, 0) is 22.0 Å². The lowest BCUT2D eigenvalue weighted by Gasteiger charge is -2.13. The summed E-state index contributed by atoms with van der Waals surface area (Å²) in [5.41, 5.74) is 1.90. The largest absolute Gasteiger partial charge is 0.377 e. The van der Waals surface area contributed by atoms with E-state index in [9.17, 15) is 0 Å². The number of hydrogen-bond acceptors (Lipinski definition) is 3.